The van der Waals surface area contributed by atoms with Crippen LogP contribution >= 0.6 is 0 Å². The van der Waals surface area contributed by atoms with Crippen molar-refractivity contribution in [1.82, 2.24) is 4.98 Å². The Kier molecular flexibility index (Phi) is 4.19. The molecular formula is C20H20N4O3. The topological polar surface area (TPSA) is 112 Å². The molecule has 1 aromatic heterocycles. The van der Waals surface area contributed by atoms with Gasteiger partial charge in [0.05, 0.1) is 29.6 Å². The zero-order valence-corrected chi connectivity index (χ0v) is 14.9. The van der Waals surface area contributed by atoms with Gasteiger partial charge in [-0.3, -0.25) is 9.78 Å². The van der Waals surface area contributed by atoms with Crippen molar-refractivity contribution >= 4 is 28.2 Å². The molecule has 3 aromatic rings. The van der Waals surface area contributed by atoms with Gasteiger partial charge in [-0.05, 0) is 37.1 Å². The summed E-state index contributed by atoms with van der Waals surface area (Å²) in [7, 11) is 1.48. The average molecular weight is 364 g/mol. The zero-order chi connectivity index (χ0) is 19.0. The summed E-state index contributed by atoms with van der Waals surface area (Å²) in [6.07, 6.45) is 3.94. The van der Waals surface area contributed by atoms with Crippen LogP contribution in [0.25, 0.3) is 10.9 Å². The number of hydrogen-bond acceptors (Lipinski definition) is 6. The van der Waals surface area contributed by atoms with Gasteiger partial charge in [0, 0.05) is 29.8 Å². The first kappa shape index (κ1) is 17.0. The minimum absolute atomic E-state index is 0.274. The summed E-state index contributed by atoms with van der Waals surface area (Å²) < 4.78 is 11.3. The molecule has 138 valence electrons. The standard InChI is InChI=1S/C20H20N4O3/c1-26-19-10-16-13(9-14(19)20(22)25)18(6-7-23-16)27-12-4-5-15(21)17(8-12)24-11-2-3-11/h4-11,24H,2-3,21H2,1H3,(H2,22,25). The van der Waals surface area contributed by atoms with Gasteiger partial charge in [-0.25, -0.2) is 0 Å². The van der Waals surface area contributed by atoms with Crippen molar-refractivity contribution < 1.29 is 14.3 Å². The Labute approximate surface area is 156 Å². The number of amides is 1. The Morgan fingerprint density at radius 3 is 2.70 bits per heavy atom. The summed E-state index contributed by atoms with van der Waals surface area (Å²) in [6.45, 7) is 0. The van der Waals surface area contributed by atoms with Crippen molar-refractivity contribution in [1.29, 1.82) is 0 Å². The van der Waals surface area contributed by atoms with Crippen molar-refractivity contribution in [2.45, 2.75) is 18.9 Å². The number of fused-ring (bicyclic) bond motifs is 1. The predicted molar refractivity (Wildman–Crippen MR) is 104 cm³/mol. The van der Waals surface area contributed by atoms with E-state index in [0.717, 1.165) is 18.5 Å². The Balaban J connectivity index is 1.73. The lowest BCUT2D eigenvalue weighted by Crippen LogP contribution is -2.12. The Bertz CT molecular complexity index is 1030. The number of carbonyl (C=O) groups is 1. The third-order valence-corrected chi connectivity index (χ3v) is 4.48. The molecule has 1 fully saturated rings. The number of aromatic nitrogens is 1. The molecule has 0 unspecified atom stereocenters. The first-order valence-corrected chi connectivity index (χ1v) is 8.65. The van der Waals surface area contributed by atoms with Gasteiger partial charge in [0.25, 0.3) is 5.91 Å². The summed E-state index contributed by atoms with van der Waals surface area (Å²) in [4.78, 5) is 16.1. The van der Waals surface area contributed by atoms with Crippen LogP contribution in [-0.2, 0) is 0 Å². The SMILES string of the molecule is COc1cc2nccc(Oc3ccc(N)c(NC4CC4)c3)c2cc1C(N)=O. The van der Waals surface area contributed by atoms with Gasteiger partial charge in [0.1, 0.15) is 17.2 Å². The second kappa shape index (κ2) is 6.68. The van der Waals surface area contributed by atoms with E-state index in [1.807, 2.05) is 6.07 Å². The van der Waals surface area contributed by atoms with E-state index in [4.69, 9.17) is 20.9 Å². The number of nitrogens with one attached hydrogen (secondary N) is 1. The minimum Gasteiger partial charge on any atom is -0.496 e. The van der Waals surface area contributed by atoms with Crippen LogP contribution in [0.3, 0.4) is 0 Å². The Morgan fingerprint density at radius 2 is 2.00 bits per heavy atom. The van der Waals surface area contributed by atoms with Crippen molar-refractivity contribution in [3.8, 4) is 17.2 Å². The van der Waals surface area contributed by atoms with Crippen LogP contribution in [0.5, 0.6) is 17.2 Å². The number of rotatable bonds is 6. The normalized spacial score (nSPS) is 13.4. The summed E-state index contributed by atoms with van der Waals surface area (Å²) in [5.41, 5.74) is 14.0. The van der Waals surface area contributed by atoms with E-state index in [2.05, 4.69) is 10.3 Å². The van der Waals surface area contributed by atoms with Crippen LogP contribution < -0.4 is 26.3 Å². The van der Waals surface area contributed by atoms with Crippen molar-refractivity contribution in [3.63, 3.8) is 0 Å². The van der Waals surface area contributed by atoms with Gasteiger partial charge in [0.15, 0.2) is 0 Å². The smallest absolute Gasteiger partial charge is 0.252 e. The maximum Gasteiger partial charge on any atom is 0.252 e. The fourth-order valence-electron chi connectivity index (χ4n) is 2.90. The molecule has 7 nitrogen and oxygen atoms in total. The molecule has 27 heavy (non-hydrogen) atoms. The van der Waals surface area contributed by atoms with Crippen LogP contribution in [0.1, 0.15) is 23.2 Å². The number of anilines is 2. The maximum absolute atomic E-state index is 11.7. The van der Waals surface area contributed by atoms with E-state index in [0.29, 0.717) is 39.9 Å². The van der Waals surface area contributed by atoms with Gasteiger partial charge in [0.2, 0.25) is 0 Å². The molecule has 1 heterocycles. The van der Waals surface area contributed by atoms with Crippen LogP contribution in [0, 0.1) is 0 Å². The largest absolute Gasteiger partial charge is 0.496 e. The van der Waals surface area contributed by atoms with Crippen LogP contribution in [0.15, 0.2) is 42.6 Å². The highest BCUT2D eigenvalue weighted by molar-refractivity contribution is 6.01. The number of methoxy groups -OCH3 is 1. The highest BCUT2D eigenvalue weighted by Gasteiger charge is 2.22. The van der Waals surface area contributed by atoms with Crippen molar-refractivity contribution in [3.05, 3.63) is 48.2 Å². The maximum atomic E-state index is 11.7. The molecule has 0 atom stereocenters. The number of nitrogens with two attached hydrogens (primary N) is 2. The van der Waals surface area contributed by atoms with Crippen molar-refractivity contribution in [2.75, 3.05) is 18.2 Å². The molecule has 0 aliphatic heterocycles. The summed E-state index contributed by atoms with van der Waals surface area (Å²) in [6, 6.07) is 11.0. The lowest BCUT2D eigenvalue weighted by Gasteiger charge is -2.14. The molecule has 4 rings (SSSR count). The number of benzene rings is 2. The van der Waals surface area contributed by atoms with Crippen LogP contribution in [0.4, 0.5) is 11.4 Å². The molecule has 1 aliphatic rings. The van der Waals surface area contributed by atoms with E-state index >= 15 is 0 Å². The number of hydrogen-bond donors (Lipinski definition) is 3. The molecule has 7 heteroatoms. The van der Waals surface area contributed by atoms with E-state index < -0.39 is 5.91 Å². The van der Waals surface area contributed by atoms with Gasteiger partial charge in [-0.1, -0.05) is 0 Å². The summed E-state index contributed by atoms with van der Waals surface area (Å²) in [5, 5.41) is 4.06. The van der Waals surface area contributed by atoms with Crippen molar-refractivity contribution in [2.24, 2.45) is 5.73 Å². The molecule has 5 N–H and O–H groups in total. The molecule has 0 spiro atoms. The number of primary amides is 1. The van der Waals surface area contributed by atoms with Gasteiger partial charge in [-0.2, -0.15) is 0 Å². The Morgan fingerprint density at radius 1 is 1.19 bits per heavy atom. The highest BCUT2D eigenvalue weighted by atomic mass is 16.5. The monoisotopic (exact) mass is 364 g/mol. The molecule has 1 aliphatic carbocycles. The second-order valence-corrected chi connectivity index (χ2v) is 6.51. The van der Waals surface area contributed by atoms with Crippen LogP contribution in [-0.4, -0.2) is 24.0 Å². The lowest BCUT2D eigenvalue weighted by atomic mass is 10.1. The first-order valence-electron chi connectivity index (χ1n) is 8.65. The average Bonchev–Trinajstić information content (AvgIpc) is 3.47. The molecule has 0 radical (unpaired) electrons. The number of pyridine rings is 1. The fourth-order valence-corrected chi connectivity index (χ4v) is 2.90. The van der Waals surface area contributed by atoms with Crippen LogP contribution in [0.2, 0.25) is 0 Å². The Hall–Kier alpha value is -3.48. The minimum atomic E-state index is -0.577. The highest BCUT2D eigenvalue weighted by Crippen LogP contribution is 2.36. The third kappa shape index (κ3) is 3.44. The molecule has 1 amide bonds. The second-order valence-electron chi connectivity index (χ2n) is 6.51. The van der Waals surface area contributed by atoms with Gasteiger partial charge >= 0.3 is 0 Å². The molecule has 0 saturated heterocycles. The predicted octanol–water partition coefficient (Wildman–Crippen LogP) is 3.29. The summed E-state index contributed by atoms with van der Waals surface area (Å²) >= 11 is 0. The first-order chi connectivity index (χ1) is 13.0. The van der Waals surface area contributed by atoms with E-state index in [-0.39, 0.29) is 5.56 Å². The molecular weight excluding hydrogens is 344 g/mol. The fraction of sp³-hybridized carbons (Fsp3) is 0.200. The van der Waals surface area contributed by atoms with Gasteiger partial charge in [-0.15, -0.1) is 0 Å². The lowest BCUT2D eigenvalue weighted by molar-refractivity contribution is 0.0997. The molecule has 0 bridgehead atoms. The van der Waals surface area contributed by atoms with E-state index in [1.54, 1.807) is 36.5 Å². The zero-order valence-electron chi connectivity index (χ0n) is 14.9. The van der Waals surface area contributed by atoms with E-state index in [9.17, 15) is 4.79 Å². The quantitative estimate of drug-likeness (QED) is 0.579. The molecule has 2 aromatic carbocycles. The van der Waals surface area contributed by atoms with Gasteiger partial charge < -0.3 is 26.3 Å². The number of carbonyl (C=O) groups excluding carboxylic acids is 1. The van der Waals surface area contributed by atoms with E-state index in [1.165, 1.54) is 7.11 Å². The summed E-state index contributed by atoms with van der Waals surface area (Å²) in [5.74, 6) is 0.999. The number of ether oxygens (including phenoxy) is 2. The number of nitrogens with zero attached hydrogens (tertiary/aromatic N) is 1. The third-order valence-electron chi connectivity index (χ3n) is 4.48. The molecule has 1 saturated carbocycles. The number of nitrogen functional groups attached to an aromatic ring is 1.